The Labute approximate surface area is 179 Å². The molecule has 1 atom stereocenters. The molecule has 4 heterocycles. The van der Waals surface area contributed by atoms with Gasteiger partial charge in [-0.15, -0.1) is 0 Å². The van der Waals surface area contributed by atoms with Crippen molar-refractivity contribution in [3.05, 3.63) is 59.8 Å². The molecular weight excluding hydrogens is 402 g/mol. The van der Waals surface area contributed by atoms with Crippen LogP contribution in [0.2, 0.25) is 5.02 Å². The van der Waals surface area contributed by atoms with Crippen molar-refractivity contribution in [1.29, 1.82) is 0 Å². The smallest absolute Gasteiger partial charge is 0.229 e. The van der Waals surface area contributed by atoms with Gasteiger partial charge in [0.25, 0.3) is 0 Å². The van der Waals surface area contributed by atoms with Gasteiger partial charge in [0, 0.05) is 24.5 Å². The molecule has 1 fully saturated rings. The molecule has 0 radical (unpaired) electrons. The van der Waals surface area contributed by atoms with Crippen molar-refractivity contribution in [2.45, 2.75) is 19.4 Å². The molecule has 0 spiro atoms. The normalized spacial score (nSPS) is 16.1. The second-order valence-electron chi connectivity index (χ2n) is 7.05. The second-order valence-corrected chi connectivity index (χ2v) is 7.45. The highest BCUT2D eigenvalue weighted by molar-refractivity contribution is 6.33. The van der Waals surface area contributed by atoms with Crippen LogP contribution in [-0.2, 0) is 11.3 Å². The van der Waals surface area contributed by atoms with Crippen LogP contribution >= 0.6 is 11.6 Å². The van der Waals surface area contributed by atoms with Crippen LogP contribution in [0.15, 0.2) is 49.1 Å². The number of aromatic nitrogens is 4. The number of rotatable bonds is 6. The van der Waals surface area contributed by atoms with E-state index in [-0.39, 0.29) is 11.8 Å². The van der Waals surface area contributed by atoms with Gasteiger partial charge in [-0.05, 0) is 37.6 Å². The summed E-state index contributed by atoms with van der Waals surface area (Å²) in [5.74, 6) is 0.946. The fourth-order valence-corrected chi connectivity index (χ4v) is 3.47. The molecule has 1 saturated heterocycles. The first kappa shape index (κ1) is 20.2. The van der Waals surface area contributed by atoms with Crippen molar-refractivity contribution < 1.29 is 4.79 Å². The quantitative estimate of drug-likeness (QED) is 0.559. The number of hydrogen-bond acceptors (Lipinski definition) is 7. The molecule has 1 aliphatic heterocycles. The molecule has 3 N–H and O–H groups in total. The van der Waals surface area contributed by atoms with Crippen molar-refractivity contribution >= 4 is 29.1 Å². The third-order valence-corrected chi connectivity index (χ3v) is 5.16. The number of nitrogens with zero attached hydrogens (tertiary/aromatic N) is 4. The lowest BCUT2D eigenvalue weighted by Gasteiger charge is -2.21. The number of nitrogens with one attached hydrogen (secondary N) is 3. The van der Waals surface area contributed by atoms with Crippen LogP contribution in [0.1, 0.15) is 18.5 Å². The van der Waals surface area contributed by atoms with Crippen molar-refractivity contribution in [3.8, 4) is 11.3 Å². The first-order valence-electron chi connectivity index (χ1n) is 9.82. The van der Waals surface area contributed by atoms with Crippen LogP contribution in [0.4, 0.5) is 11.6 Å². The molecule has 0 saturated carbocycles. The Bertz CT molecular complexity index is 1010. The van der Waals surface area contributed by atoms with Gasteiger partial charge in [-0.3, -0.25) is 14.8 Å². The topological polar surface area (TPSA) is 105 Å². The van der Waals surface area contributed by atoms with Crippen molar-refractivity contribution in [2.75, 3.05) is 23.7 Å². The number of anilines is 2. The molecule has 1 amide bonds. The SMILES string of the molecule is O=C(Nc1cc(-c2cncc(NCc3ccccn3)n2)c(Cl)cn1)[C@@H]1CCCNC1. The van der Waals surface area contributed by atoms with Crippen LogP contribution in [0, 0.1) is 5.92 Å². The van der Waals surface area contributed by atoms with Gasteiger partial charge in [-0.1, -0.05) is 17.7 Å². The number of halogens is 1. The molecule has 4 rings (SSSR count). The molecule has 154 valence electrons. The van der Waals surface area contributed by atoms with E-state index in [1.807, 2.05) is 18.2 Å². The van der Waals surface area contributed by atoms with Crippen molar-refractivity contribution in [1.82, 2.24) is 25.3 Å². The van der Waals surface area contributed by atoms with E-state index in [1.165, 1.54) is 6.20 Å². The summed E-state index contributed by atoms with van der Waals surface area (Å²) in [6, 6.07) is 7.46. The highest BCUT2D eigenvalue weighted by Crippen LogP contribution is 2.28. The number of hydrogen-bond donors (Lipinski definition) is 3. The molecule has 0 unspecified atom stereocenters. The Balaban J connectivity index is 1.49. The average Bonchev–Trinajstić information content (AvgIpc) is 2.80. The summed E-state index contributed by atoms with van der Waals surface area (Å²) in [6.45, 7) is 2.16. The monoisotopic (exact) mass is 423 g/mol. The maximum absolute atomic E-state index is 12.5. The predicted octanol–water partition coefficient (Wildman–Crippen LogP) is 3.14. The summed E-state index contributed by atoms with van der Waals surface area (Å²) in [4.78, 5) is 29.9. The number of pyridine rings is 2. The lowest BCUT2D eigenvalue weighted by Crippen LogP contribution is -2.37. The standard InChI is InChI=1S/C21H22ClN7O/c22-17-11-27-19(29-21(30)14-4-3-6-23-9-14)8-16(17)18-12-24-13-20(28-18)26-10-15-5-1-2-7-25-15/h1-2,5,7-8,11-14,23H,3-4,6,9-10H2,(H,26,28)(H,27,29,30)/t14-/m1/s1. The van der Waals surface area contributed by atoms with E-state index >= 15 is 0 Å². The average molecular weight is 424 g/mol. The molecule has 0 bridgehead atoms. The molecular formula is C21H22ClN7O. The highest BCUT2D eigenvalue weighted by Gasteiger charge is 2.21. The molecule has 0 aromatic carbocycles. The predicted molar refractivity (Wildman–Crippen MR) is 116 cm³/mol. The van der Waals surface area contributed by atoms with Crippen LogP contribution in [0.5, 0.6) is 0 Å². The minimum atomic E-state index is -0.0569. The first-order valence-corrected chi connectivity index (χ1v) is 10.2. The van der Waals surface area contributed by atoms with E-state index in [2.05, 4.69) is 35.9 Å². The molecule has 9 heteroatoms. The fourth-order valence-electron chi connectivity index (χ4n) is 3.27. The van der Waals surface area contributed by atoms with Gasteiger partial charge in [-0.2, -0.15) is 0 Å². The summed E-state index contributed by atoms with van der Waals surface area (Å²) in [7, 11) is 0. The Kier molecular flexibility index (Phi) is 6.46. The van der Waals surface area contributed by atoms with Crippen molar-refractivity contribution in [3.63, 3.8) is 0 Å². The zero-order valence-corrected chi connectivity index (χ0v) is 17.1. The summed E-state index contributed by atoms with van der Waals surface area (Å²) in [6.07, 6.45) is 8.39. The molecule has 8 nitrogen and oxygen atoms in total. The summed E-state index contributed by atoms with van der Waals surface area (Å²) in [5.41, 5.74) is 2.13. The lowest BCUT2D eigenvalue weighted by molar-refractivity contribution is -0.120. The molecule has 30 heavy (non-hydrogen) atoms. The fraction of sp³-hybridized carbons (Fsp3) is 0.286. The Morgan fingerprint density at radius 3 is 2.93 bits per heavy atom. The van der Waals surface area contributed by atoms with E-state index in [9.17, 15) is 4.79 Å². The van der Waals surface area contributed by atoms with Gasteiger partial charge in [0.1, 0.15) is 11.6 Å². The molecule has 0 aliphatic carbocycles. The minimum absolute atomic E-state index is 0.0418. The van der Waals surface area contributed by atoms with Crippen LogP contribution in [0.3, 0.4) is 0 Å². The van der Waals surface area contributed by atoms with Gasteiger partial charge >= 0.3 is 0 Å². The molecule has 3 aromatic rings. The van der Waals surface area contributed by atoms with E-state index in [0.29, 0.717) is 41.0 Å². The minimum Gasteiger partial charge on any atom is -0.363 e. The third kappa shape index (κ3) is 5.08. The van der Waals surface area contributed by atoms with Gasteiger partial charge in [0.2, 0.25) is 5.91 Å². The van der Waals surface area contributed by atoms with Crippen LogP contribution in [-0.4, -0.2) is 38.9 Å². The maximum atomic E-state index is 12.5. The Hall–Kier alpha value is -3.10. The Morgan fingerprint density at radius 1 is 1.20 bits per heavy atom. The summed E-state index contributed by atoms with van der Waals surface area (Å²) >= 11 is 6.36. The van der Waals surface area contributed by atoms with E-state index < -0.39 is 0 Å². The second kappa shape index (κ2) is 9.60. The zero-order chi connectivity index (χ0) is 20.8. The highest BCUT2D eigenvalue weighted by atomic mass is 35.5. The number of carbonyl (C=O) groups excluding carboxylic acids is 1. The van der Waals surface area contributed by atoms with E-state index in [1.54, 1.807) is 24.7 Å². The van der Waals surface area contributed by atoms with Gasteiger partial charge < -0.3 is 16.0 Å². The Morgan fingerprint density at radius 2 is 2.13 bits per heavy atom. The van der Waals surface area contributed by atoms with Crippen molar-refractivity contribution in [2.24, 2.45) is 5.92 Å². The van der Waals surface area contributed by atoms with Crippen LogP contribution in [0.25, 0.3) is 11.3 Å². The van der Waals surface area contributed by atoms with Gasteiger partial charge in [0.15, 0.2) is 0 Å². The lowest BCUT2D eigenvalue weighted by atomic mass is 9.99. The van der Waals surface area contributed by atoms with Gasteiger partial charge in [0.05, 0.1) is 41.3 Å². The zero-order valence-electron chi connectivity index (χ0n) is 16.3. The van der Waals surface area contributed by atoms with Gasteiger partial charge in [-0.25, -0.2) is 9.97 Å². The number of piperidine rings is 1. The largest absolute Gasteiger partial charge is 0.363 e. The molecule has 3 aromatic heterocycles. The number of amides is 1. The molecule has 1 aliphatic rings. The summed E-state index contributed by atoms with van der Waals surface area (Å²) < 4.78 is 0. The van der Waals surface area contributed by atoms with Crippen LogP contribution < -0.4 is 16.0 Å². The summed E-state index contributed by atoms with van der Waals surface area (Å²) in [5, 5.41) is 9.78. The maximum Gasteiger partial charge on any atom is 0.229 e. The number of carbonyl (C=O) groups is 1. The van der Waals surface area contributed by atoms with E-state index in [4.69, 9.17) is 11.6 Å². The third-order valence-electron chi connectivity index (χ3n) is 4.86. The first-order chi connectivity index (χ1) is 14.7. The van der Waals surface area contributed by atoms with E-state index in [0.717, 1.165) is 25.1 Å².